The number of hydrogen-bond acceptors (Lipinski definition) is 3. The SMILES string of the molecule is CSC(CN=C(N)Nc1ccccn1)C(C)(C)C.I. The summed E-state index contributed by atoms with van der Waals surface area (Å²) in [6.45, 7) is 7.35. The molecule has 0 amide bonds. The molecule has 0 saturated carbocycles. The monoisotopic (exact) mass is 394 g/mol. The van der Waals surface area contributed by atoms with Gasteiger partial charge in [0.25, 0.3) is 0 Å². The zero-order chi connectivity index (χ0) is 13.6. The summed E-state index contributed by atoms with van der Waals surface area (Å²) in [5.41, 5.74) is 6.06. The highest BCUT2D eigenvalue weighted by Crippen LogP contribution is 2.28. The van der Waals surface area contributed by atoms with Crippen LogP contribution in [-0.2, 0) is 0 Å². The molecular formula is C13H23IN4S. The first kappa shape index (κ1) is 18.5. The van der Waals surface area contributed by atoms with Crippen molar-refractivity contribution in [2.24, 2.45) is 16.1 Å². The Morgan fingerprint density at radius 1 is 1.47 bits per heavy atom. The highest BCUT2D eigenvalue weighted by molar-refractivity contribution is 14.0. The Balaban J connectivity index is 0.00000324. The van der Waals surface area contributed by atoms with E-state index in [1.807, 2.05) is 30.0 Å². The molecule has 0 saturated heterocycles. The van der Waals surface area contributed by atoms with Crippen LogP contribution in [0.5, 0.6) is 0 Å². The fourth-order valence-corrected chi connectivity index (χ4v) is 2.42. The quantitative estimate of drug-likeness (QED) is 0.468. The van der Waals surface area contributed by atoms with Gasteiger partial charge in [-0.2, -0.15) is 11.8 Å². The van der Waals surface area contributed by atoms with Gasteiger partial charge >= 0.3 is 0 Å². The Bertz CT molecular complexity index is 389. The average molecular weight is 394 g/mol. The second-order valence-corrected chi connectivity index (χ2v) is 6.20. The van der Waals surface area contributed by atoms with Gasteiger partial charge in [0, 0.05) is 11.4 Å². The molecule has 3 N–H and O–H groups in total. The first-order valence-electron chi connectivity index (χ1n) is 5.94. The molecule has 1 rings (SSSR count). The van der Waals surface area contributed by atoms with Crippen molar-refractivity contribution in [3.63, 3.8) is 0 Å². The normalized spacial score (nSPS) is 13.6. The number of guanidine groups is 1. The van der Waals surface area contributed by atoms with Gasteiger partial charge in [-0.1, -0.05) is 26.8 Å². The number of pyridine rings is 1. The lowest BCUT2D eigenvalue weighted by Gasteiger charge is -2.27. The molecule has 1 heterocycles. The van der Waals surface area contributed by atoms with Crippen molar-refractivity contribution in [2.75, 3.05) is 18.1 Å². The largest absolute Gasteiger partial charge is 0.370 e. The number of nitrogens with zero attached hydrogens (tertiary/aromatic N) is 2. The zero-order valence-electron chi connectivity index (χ0n) is 11.9. The van der Waals surface area contributed by atoms with Gasteiger partial charge in [0.2, 0.25) is 0 Å². The lowest BCUT2D eigenvalue weighted by molar-refractivity contribution is 0.399. The summed E-state index contributed by atoms with van der Waals surface area (Å²) in [4.78, 5) is 8.52. The molecule has 1 aromatic heterocycles. The number of aliphatic imine (C=N–C) groups is 1. The maximum Gasteiger partial charge on any atom is 0.194 e. The van der Waals surface area contributed by atoms with E-state index in [4.69, 9.17) is 5.73 Å². The predicted molar refractivity (Wildman–Crippen MR) is 96.5 cm³/mol. The maximum absolute atomic E-state index is 5.84. The standard InChI is InChI=1S/C13H22N4S.HI/c1-13(2,3)10(18-4)9-16-12(14)17-11-7-5-6-8-15-11;/h5-8,10H,9H2,1-4H3,(H3,14,15,16,17);1H. The molecule has 0 aromatic carbocycles. The lowest BCUT2D eigenvalue weighted by atomic mass is 9.92. The molecule has 0 bridgehead atoms. The minimum atomic E-state index is 0. The number of thioether (sulfide) groups is 1. The smallest absolute Gasteiger partial charge is 0.194 e. The topological polar surface area (TPSA) is 63.3 Å². The van der Waals surface area contributed by atoms with Gasteiger partial charge in [-0.3, -0.25) is 4.99 Å². The van der Waals surface area contributed by atoms with Crippen molar-refractivity contribution in [1.29, 1.82) is 0 Å². The second-order valence-electron chi connectivity index (χ2n) is 5.16. The number of rotatable bonds is 4. The Labute approximate surface area is 137 Å². The van der Waals surface area contributed by atoms with E-state index < -0.39 is 0 Å². The van der Waals surface area contributed by atoms with Crippen LogP contribution in [-0.4, -0.2) is 29.0 Å². The van der Waals surface area contributed by atoms with E-state index in [0.29, 0.717) is 17.8 Å². The molecule has 0 aliphatic heterocycles. The summed E-state index contributed by atoms with van der Waals surface area (Å²) in [5.74, 6) is 1.13. The van der Waals surface area contributed by atoms with E-state index in [9.17, 15) is 0 Å². The van der Waals surface area contributed by atoms with Gasteiger partial charge in [0.15, 0.2) is 5.96 Å². The Morgan fingerprint density at radius 2 is 2.16 bits per heavy atom. The third-order valence-electron chi connectivity index (χ3n) is 2.60. The van der Waals surface area contributed by atoms with Crippen molar-refractivity contribution in [3.05, 3.63) is 24.4 Å². The van der Waals surface area contributed by atoms with Crippen LogP contribution in [0.4, 0.5) is 5.82 Å². The molecule has 6 heteroatoms. The maximum atomic E-state index is 5.84. The molecule has 0 aliphatic carbocycles. The molecule has 0 fully saturated rings. The molecule has 1 aromatic rings. The number of anilines is 1. The molecule has 108 valence electrons. The molecule has 0 aliphatic rings. The zero-order valence-corrected chi connectivity index (χ0v) is 15.0. The van der Waals surface area contributed by atoms with Crippen LogP contribution >= 0.6 is 35.7 Å². The van der Waals surface area contributed by atoms with Crippen molar-refractivity contribution in [2.45, 2.75) is 26.0 Å². The third-order valence-corrected chi connectivity index (χ3v) is 4.02. The summed E-state index contributed by atoms with van der Waals surface area (Å²) in [5, 5.41) is 3.43. The van der Waals surface area contributed by atoms with E-state index >= 15 is 0 Å². The molecule has 4 nitrogen and oxygen atoms in total. The number of halogens is 1. The fourth-order valence-electron chi connectivity index (χ4n) is 1.49. The van der Waals surface area contributed by atoms with Gasteiger partial charge in [-0.15, -0.1) is 24.0 Å². The molecule has 0 spiro atoms. The van der Waals surface area contributed by atoms with Crippen LogP contribution in [0.2, 0.25) is 0 Å². The Kier molecular flexibility index (Phi) is 8.40. The van der Waals surface area contributed by atoms with Crippen LogP contribution in [0, 0.1) is 5.41 Å². The Morgan fingerprint density at radius 3 is 2.63 bits per heavy atom. The highest BCUT2D eigenvalue weighted by Gasteiger charge is 2.23. The second kappa shape index (κ2) is 8.63. The number of nitrogens with two attached hydrogens (primary N) is 1. The van der Waals surface area contributed by atoms with Crippen LogP contribution < -0.4 is 11.1 Å². The van der Waals surface area contributed by atoms with Gasteiger partial charge in [-0.25, -0.2) is 4.98 Å². The number of nitrogens with one attached hydrogen (secondary N) is 1. The molecular weight excluding hydrogens is 371 g/mol. The average Bonchev–Trinajstić information content (AvgIpc) is 2.29. The fraction of sp³-hybridized carbons (Fsp3) is 0.538. The van der Waals surface area contributed by atoms with Crippen molar-refractivity contribution in [3.8, 4) is 0 Å². The third kappa shape index (κ3) is 7.00. The van der Waals surface area contributed by atoms with Gasteiger partial charge in [0.05, 0.1) is 6.54 Å². The summed E-state index contributed by atoms with van der Waals surface area (Å²) < 4.78 is 0. The van der Waals surface area contributed by atoms with Gasteiger partial charge in [-0.05, 0) is 23.8 Å². The summed E-state index contributed by atoms with van der Waals surface area (Å²) in [6.07, 6.45) is 3.82. The predicted octanol–water partition coefficient (Wildman–Crippen LogP) is 3.20. The Hall–Kier alpha value is -0.500. The summed E-state index contributed by atoms with van der Waals surface area (Å²) in [6, 6.07) is 5.63. The van der Waals surface area contributed by atoms with E-state index in [0.717, 1.165) is 5.82 Å². The molecule has 0 radical (unpaired) electrons. The first-order chi connectivity index (χ1) is 8.43. The summed E-state index contributed by atoms with van der Waals surface area (Å²) in [7, 11) is 0. The van der Waals surface area contributed by atoms with Crippen molar-refractivity contribution in [1.82, 2.24) is 4.98 Å². The van der Waals surface area contributed by atoms with E-state index in [1.54, 1.807) is 6.20 Å². The number of hydrogen-bond donors (Lipinski definition) is 2. The van der Waals surface area contributed by atoms with Crippen LogP contribution in [0.15, 0.2) is 29.4 Å². The van der Waals surface area contributed by atoms with Crippen LogP contribution in [0.25, 0.3) is 0 Å². The van der Waals surface area contributed by atoms with Gasteiger partial charge in [0.1, 0.15) is 5.82 Å². The highest BCUT2D eigenvalue weighted by atomic mass is 127. The van der Waals surface area contributed by atoms with Crippen molar-refractivity contribution >= 4 is 47.5 Å². The van der Waals surface area contributed by atoms with Crippen molar-refractivity contribution < 1.29 is 0 Å². The first-order valence-corrected chi connectivity index (χ1v) is 7.23. The van der Waals surface area contributed by atoms with E-state index in [-0.39, 0.29) is 29.4 Å². The summed E-state index contributed by atoms with van der Waals surface area (Å²) >= 11 is 1.82. The molecule has 1 atom stereocenters. The lowest BCUT2D eigenvalue weighted by Crippen LogP contribution is -2.29. The molecule has 1 unspecified atom stereocenters. The number of aromatic nitrogens is 1. The minimum absolute atomic E-state index is 0. The van der Waals surface area contributed by atoms with Crippen LogP contribution in [0.3, 0.4) is 0 Å². The van der Waals surface area contributed by atoms with Crippen LogP contribution in [0.1, 0.15) is 20.8 Å². The molecule has 19 heavy (non-hydrogen) atoms. The van der Waals surface area contributed by atoms with E-state index in [2.05, 4.69) is 42.3 Å². The van der Waals surface area contributed by atoms with E-state index in [1.165, 1.54) is 0 Å². The van der Waals surface area contributed by atoms with Gasteiger partial charge < -0.3 is 11.1 Å². The minimum Gasteiger partial charge on any atom is -0.370 e.